The summed E-state index contributed by atoms with van der Waals surface area (Å²) in [5, 5.41) is -0.0259. The van der Waals surface area contributed by atoms with Crippen molar-refractivity contribution < 1.29 is 37.7 Å². The molecule has 1 spiro atoms. The molecular formula is C27H27ClFN5O7. The molecule has 4 atom stereocenters. The zero-order valence-corrected chi connectivity index (χ0v) is 23.3. The van der Waals surface area contributed by atoms with Gasteiger partial charge in [-0.15, -0.1) is 0 Å². The van der Waals surface area contributed by atoms with Crippen molar-refractivity contribution in [2.45, 2.75) is 58.2 Å². The largest absolute Gasteiger partial charge is 0.463 e. The number of hydrogen-bond donors (Lipinski definition) is 0. The summed E-state index contributed by atoms with van der Waals surface area (Å²) in [6.45, 7) is 4.79. The molecule has 1 aromatic carbocycles. The molecule has 216 valence electrons. The van der Waals surface area contributed by atoms with E-state index < -0.39 is 42.4 Å². The molecule has 14 heteroatoms. The number of aromatic nitrogens is 4. The van der Waals surface area contributed by atoms with Crippen molar-refractivity contribution in [3.63, 3.8) is 0 Å². The molecule has 12 nitrogen and oxygen atoms in total. The van der Waals surface area contributed by atoms with Gasteiger partial charge in [0, 0.05) is 39.3 Å². The Morgan fingerprint density at radius 1 is 1.05 bits per heavy atom. The third-order valence-electron chi connectivity index (χ3n) is 7.64. The highest BCUT2D eigenvalue weighted by molar-refractivity contribution is 6.28. The van der Waals surface area contributed by atoms with E-state index in [1.54, 1.807) is 6.07 Å². The number of hydrogen-bond acceptors (Lipinski definition) is 11. The summed E-state index contributed by atoms with van der Waals surface area (Å²) in [5.74, 6) is -1.52. The summed E-state index contributed by atoms with van der Waals surface area (Å²) in [5.41, 5.74) is 2.92. The van der Waals surface area contributed by atoms with Gasteiger partial charge >= 0.3 is 17.9 Å². The summed E-state index contributed by atoms with van der Waals surface area (Å²) < 4.78 is 37.6. The Bertz CT molecular complexity index is 1560. The minimum Gasteiger partial charge on any atom is -0.463 e. The number of fused-ring (bicyclic) bond motifs is 2. The minimum atomic E-state index is -1.10. The van der Waals surface area contributed by atoms with Gasteiger partial charge in [0.1, 0.15) is 18.5 Å². The lowest BCUT2D eigenvalue weighted by Crippen LogP contribution is -2.57. The van der Waals surface area contributed by atoms with Gasteiger partial charge in [0.25, 0.3) is 0 Å². The predicted octanol–water partition coefficient (Wildman–Crippen LogP) is 2.55. The standard InChI is InChI=1S/C27H27ClFN5O7/c1-13(35)38-9-19-21(39-14(2)36)22(40-15(3)37)25(41-19)34-12-30-20-23(31-26(28)32-24(20)34)33-10-27(11-33)7-16-4-5-18(29)6-17(16)8-27/h4-6,12,19,21-22,25H,7-11H2,1-3H3/t19-,21?,22?,25-/m1/s1. The van der Waals surface area contributed by atoms with Gasteiger partial charge < -0.3 is 23.8 Å². The number of ether oxygens (including phenoxy) is 4. The van der Waals surface area contributed by atoms with E-state index in [0.29, 0.717) is 30.1 Å². The molecule has 0 bridgehead atoms. The van der Waals surface area contributed by atoms with E-state index in [0.717, 1.165) is 24.0 Å². The lowest BCUT2D eigenvalue weighted by molar-refractivity contribution is -0.166. The van der Waals surface area contributed by atoms with Crippen LogP contribution in [0.15, 0.2) is 24.5 Å². The average Bonchev–Trinajstić information content (AvgIpc) is 3.54. The van der Waals surface area contributed by atoms with Crippen LogP contribution in [-0.2, 0) is 46.2 Å². The Hall–Kier alpha value is -3.84. The number of rotatable bonds is 6. The SMILES string of the molecule is CC(=O)OC[C@H]1O[C@@H](n2cnc3c(N4CC5(Cc6ccc(F)cc6C5)C4)nc(Cl)nc32)C(OC(C)=O)C1OC(C)=O. The second-order valence-electron chi connectivity index (χ2n) is 10.8. The van der Waals surface area contributed by atoms with Crippen LogP contribution in [0.4, 0.5) is 10.2 Å². The first-order chi connectivity index (χ1) is 19.5. The van der Waals surface area contributed by atoms with Crippen molar-refractivity contribution in [3.8, 4) is 0 Å². The highest BCUT2D eigenvalue weighted by atomic mass is 35.5. The van der Waals surface area contributed by atoms with Crippen molar-refractivity contribution >= 4 is 46.5 Å². The maximum absolute atomic E-state index is 13.8. The van der Waals surface area contributed by atoms with Crippen LogP contribution >= 0.6 is 11.6 Å². The van der Waals surface area contributed by atoms with E-state index in [2.05, 4.69) is 19.9 Å². The fourth-order valence-corrected chi connectivity index (χ4v) is 6.30. The Balaban J connectivity index is 1.30. The first-order valence-corrected chi connectivity index (χ1v) is 13.5. The first-order valence-electron chi connectivity index (χ1n) is 13.1. The van der Waals surface area contributed by atoms with E-state index >= 15 is 0 Å². The second-order valence-corrected chi connectivity index (χ2v) is 11.1. The van der Waals surface area contributed by atoms with Gasteiger partial charge in [-0.05, 0) is 47.7 Å². The number of esters is 3. The zero-order valence-electron chi connectivity index (χ0n) is 22.5. The van der Waals surface area contributed by atoms with Crippen LogP contribution in [0.1, 0.15) is 38.1 Å². The lowest BCUT2D eigenvalue weighted by Gasteiger charge is -2.49. The summed E-state index contributed by atoms with van der Waals surface area (Å²) in [7, 11) is 0. The van der Waals surface area contributed by atoms with E-state index in [1.807, 2.05) is 6.07 Å². The number of benzene rings is 1. The van der Waals surface area contributed by atoms with Crippen molar-refractivity contribution in [1.29, 1.82) is 0 Å². The molecule has 3 aliphatic rings. The van der Waals surface area contributed by atoms with Crippen molar-refractivity contribution in [2.24, 2.45) is 5.41 Å². The Morgan fingerprint density at radius 2 is 1.76 bits per heavy atom. The maximum atomic E-state index is 13.8. The molecule has 2 saturated heterocycles. The van der Waals surface area contributed by atoms with Crippen molar-refractivity contribution in [1.82, 2.24) is 19.5 Å². The van der Waals surface area contributed by atoms with Gasteiger partial charge in [0.15, 0.2) is 35.4 Å². The van der Waals surface area contributed by atoms with E-state index in [9.17, 15) is 18.8 Å². The van der Waals surface area contributed by atoms with Crippen LogP contribution in [-0.4, -0.2) is 75.4 Å². The molecule has 2 fully saturated rings. The smallest absolute Gasteiger partial charge is 0.303 e. The quantitative estimate of drug-likeness (QED) is 0.239. The highest BCUT2D eigenvalue weighted by Gasteiger charge is 2.52. The molecule has 41 heavy (non-hydrogen) atoms. The van der Waals surface area contributed by atoms with Crippen LogP contribution in [0.3, 0.4) is 0 Å². The highest BCUT2D eigenvalue weighted by Crippen LogP contribution is 2.46. The Morgan fingerprint density at radius 3 is 2.46 bits per heavy atom. The number of carbonyl (C=O) groups excluding carboxylic acids is 3. The predicted molar refractivity (Wildman–Crippen MR) is 140 cm³/mol. The van der Waals surface area contributed by atoms with Crippen LogP contribution < -0.4 is 4.90 Å². The summed E-state index contributed by atoms with van der Waals surface area (Å²) >= 11 is 6.37. The third kappa shape index (κ3) is 5.08. The minimum absolute atomic E-state index is 0.0259. The molecule has 0 amide bonds. The molecule has 2 unspecified atom stereocenters. The molecule has 6 rings (SSSR count). The summed E-state index contributed by atoms with van der Waals surface area (Å²) in [6.07, 6.45) is -1.06. The number of imidazole rings is 1. The number of anilines is 1. The monoisotopic (exact) mass is 587 g/mol. The lowest BCUT2D eigenvalue weighted by atomic mass is 9.77. The maximum Gasteiger partial charge on any atom is 0.303 e. The van der Waals surface area contributed by atoms with Crippen LogP contribution in [0.2, 0.25) is 5.28 Å². The van der Waals surface area contributed by atoms with Gasteiger partial charge in [-0.2, -0.15) is 9.97 Å². The first kappa shape index (κ1) is 27.3. The Kier molecular flexibility index (Phi) is 6.81. The van der Waals surface area contributed by atoms with Gasteiger partial charge in [0.05, 0.1) is 6.33 Å². The summed E-state index contributed by atoms with van der Waals surface area (Å²) in [6, 6.07) is 4.95. The summed E-state index contributed by atoms with van der Waals surface area (Å²) in [4.78, 5) is 50.9. The fraction of sp³-hybridized carbons (Fsp3) is 0.481. The molecule has 3 aromatic rings. The van der Waals surface area contributed by atoms with Gasteiger partial charge in [-0.25, -0.2) is 9.37 Å². The number of carbonyl (C=O) groups is 3. The van der Waals surface area contributed by atoms with Crippen LogP contribution in [0.25, 0.3) is 11.2 Å². The van der Waals surface area contributed by atoms with Crippen molar-refractivity contribution in [2.75, 3.05) is 24.6 Å². The second kappa shape index (κ2) is 10.2. The molecule has 2 aliphatic heterocycles. The van der Waals surface area contributed by atoms with Crippen LogP contribution in [0, 0.1) is 11.2 Å². The molecule has 0 N–H and O–H groups in total. The fourth-order valence-electron chi connectivity index (χ4n) is 6.14. The molecule has 1 aliphatic carbocycles. The zero-order chi connectivity index (χ0) is 29.1. The third-order valence-corrected chi connectivity index (χ3v) is 7.81. The normalized spacial score (nSPS) is 24.3. The van der Waals surface area contributed by atoms with Gasteiger partial charge in [-0.1, -0.05) is 6.07 Å². The molecular weight excluding hydrogens is 561 g/mol. The molecule has 0 radical (unpaired) electrons. The Labute approximate surface area is 238 Å². The number of halogens is 2. The average molecular weight is 588 g/mol. The number of nitrogens with zero attached hydrogens (tertiary/aromatic N) is 5. The van der Waals surface area contributed by atoms with Gasteiger partial charge in [-0.3, -0.25) is 19.0 Å². The van der Waals surface area contributed by atoms with Crippen LogP contribution in [0.5, 0.6) is 0 Å². The molecule has 2 aromatic heterocycles. The van der Waals surface area contributed by atoms with Gasteiger partial charge in [0.2, 0.25) is 5.28 Å². The van der Waals surface area contributed by atoms with E-state index in [1.165, 1.54) is 37.7 Å². The van der Waals surface area contributed by atoms with E-state index in [-0.39, 0.29) is 23.1 Å². The molecule has 4 heterocycles. The van der Waals surface area contributed by atoms with E-state index in [4.69, 9.17) is 30.5 Å². The van der Waals surface area contributed by atoms with Crippen molar-refractivity contribution in [3.05, 3.63) is 46.8 Å². The molecule has 0 saturated carbocycles. The topological polar surface area (TPSA) is 135 Å².